The highest BCUT2D eigenvalue weighted by molar-refractivity contribution is 5.85. The fraction of sp³-hybridized carbons (Fsp3) is 0.261. The highest BCUT2D eigenvalue weighted by atomic mass is 15.0. The van der Waals surface area contributed by atoms with Crippen LogP contribution in [0.5, 0.6) is 0 Å². The number of hydrogen-bond acceptors (Lipinski definition) is 2. The van der Waals surface area contributed by atoms with Crippen LogP contribution in [0.25, 0.3) is 16.8 Å². The molecule has 0 aliphatic heterocycles. The van der Waals surface area contributed by atoms with E-state index in [4.69, 9.17) is 4.98 Å². The van der Waals surface area contributed by atoms with Crippen molar-refractivity contribution in [3.8, 4) is 11.3 Å². The van der Waals surface area contributed by atoms with Gasteiger partial charge >= 0.3 is 0 Å². The Morgan fingerprint density at radius 2 is 1.81 bits per heavy atom. The molecule has 1 aromatic carbocycles. The highest BCUT2D eigenvalue weighted by Crippen LogP contribution is 2.36. The lowest BCUT2D eigenvalue weighted by molar-refractivity contribution is -0.663. The van der Waals surface area contributed by atoms with Gasteiger partial charge in [0.1, 0.15) is 5.69 Å². The Balaban J connectivity index is 1.90. The summed E-state index contributed by atoms with van der Waals surface area (Å²) < 4.78 is 2.16. The molecule has 2 aromatic heterocycles. The molecule has 130 valence electrons. The third-order valence-electron chi connectivity index (χ3n) is 5.34. The zero-order valence-electron chi connectivity index (χ0n) is 16.1. The molecule has 2 heterocycles. The zero-order chi connectivity index (χ0) is 18.4. The molecule has 0 saturated carbocycles. The normalized spacial score (nSPS) is 12.9. The minimum absolute atomic E-state index is 0.905. The van der Waals surface area contributed by atoms with Gasteiger partial charge in [-0.1, -0.05) is 23.8 Å². The van der Waals surface area contributed by atoms with Gasteiger partial charge in [0.15, 0.2) is 5.69 Å². The largest absolute Gasteiger partial charge is 0.287 e. The smallest absolute Gasteiger partial charge is 0.261 e. The first-order valence-electron chi connectivity index (χ1n) is 9.05. The summed E-state index contributed by atoms with van der Waals surface area (Å²) in [6.07, 6.45) is 7.08. The maximum absolute atomic E-state index is 4.77. The Morgan fingerprint density at radius 1 is 1.00 bits per heavy atom. The molecular formula is C23H24N3+. The molecule has 0 radical (unpaired) electrons. The average Bonchev–Trinajstić information content (AvgIpc) is 3.03. The monoisotopic (exact) mass is 342 g/mol. The van der Waals surface area contributed by atoms with Gasteiger partial charge in [-0.05, 0) is 55.9 Å². The predicted octanol–water partition coefficient (Wildman–Crippen LogP) is 4.19. The number of benzene rings is 1. The minimum Gasteiger partial charge on any atom is -0.261 e. The van der Waals surface area contributed by atoms with E-state index in [1.54, 1.807) is 0 Å². The van der Waals surface area contributed by atoms with Crippen molar-refractivity contribution in [3.63, 3.8) is 0 Å². The predicted molar refractivity (Wildman–Crippen MR) is 105 cm³/mol. The molecule has 26 heavy (non-hydrogen) atoms. The SMILES string of the molecule is Cc1cc(C)c(C)c(-c2c3c(nc[n+]2C)C(c2ccc(C)nc2)=CC3)c1. The summed E-state index contributed by atoms with van der Waals surface area (Å²) in [7, 11) is 2.09. The van der Waals surface area contributed by atoms with E-state index in [0.29, 0.717) is 0 Å². The van der Waals surface area contributed by atoms with E-state index in [1.807, 2.05) is 19.4 Å². The second-order valence-electron chi connectivity index (χ2n) is 7.30. The number of nitrogens with zero attached hydrogens (tertiary/aromatic N) is 3. The van der Waals surface area contributed by atoms with Gasteiger partial charge in [0, 0.05) is 35.0 Å². The van der Waals surface area contributed by atoms with E-state index in [2.05, 4.69) is 67.7 Å². The van der Waals surface area contributed by atoms with Gasteiger partial charge in [0.05, 0.1) is 12.6 Å². The van der Waals surface area contributed by atoms with Crippen molar-refractivity contribution in [2.45, 2.75) is 34.1 Å². The van der Waals surface area contributed by atoms with Gasteiger partial charge in [-0.3, -0.25) is 4.98 Å². The van der Waals surface area contributed by atoms with Crippen LogP contribution in [-0.4, -0.2) is 9.97 Å². The highest BCUT2D eigenvalue weighted by Gasteiger charge is 2.29. The second-order valence-corrected chi connectivity index (χ2v) is 7.30. The minimum atomic E-state index is 0.905. The number of aromatic nitrogens is 3. The Hall–Kier alpha value is -2.81. The fourth-order valence-electron chi connectivity index (χ4n) is 3.85. The average molecular weight is 342 g/mol. The number of rotatable bonds is 2. The van der Waals surface area contributed by atoms with E-state index in [-0.39, 0.29) is 0 Å². The first-order chi connectivity index (χ1) is 12.5. The summed E-state index contributed by atoms with van der Waals surface area (Å²) in [5.74, 6) is 0. The number of hydrogen-bond donors (Lipinski definition) is 0. The molecule has 0 N–H and O–H groups in total. The first kappa shape index (κ1) is 16.6. The van der Waals surface area contributed by atoms with Crippen LogP contribution < -0.4 is 4.57 Å². The third-order valence-corrected chi connectivity index (χ3v) is 5.34. The van der Waals surface area contributed by atoms with Crippen molar-refractivity contribution in [3.05, 3.63) is 82.1 Å². The Morgan fingerprint density at radius 3 is 2.54 bits per heavy atom. The van der Waals surface area contributed by atoms with Gasteiger partial charge in [0.25, 0.3) is 6.33 Å². The Labute approximate surface area is 155 Å². The second kappa shape index (κ2) is 6.17. The van der Waals surface area contributed by atoms with Crippen LogP contribution in [-0.2, 0) is 13.5 Å². The topological polar surface area (TPSA) is 29.7 Å². The summed E-state index contributed by atoms with van der Waals surface area (Å²) in [5, 5.41) is 0. The van der Waals surface area contributed by atoms with Crippen LogP contribution in [0.4, 0.5) is 0 Å². The molecule has 0 spiro atoms. The van der Waals surface area contributed by atoms with E-state index in [0.717, 1.165) is 23.4 Å². The molecule has 0 unspecified atom stereocenters. The fourth-order valence-corrected chi connectivity index (χ4v) is 3.85. The Kier molecular flexibility index (Phi) is 3.95. The standard InChI is InChI=1S/C23H24N3/c1-14-10-15(2)17(4)21(11-14)23-20-9-8-19(22(20)25-13-26(23)5)18-7-6-16(3)24-12-18/h6-8,10-13H,9H2,1-5H3/q+1. The van der Waals surface area contributed by atoms with Crippen molar-refractivity contribution in [1.29, 1.82) is 0 Å². The van der Waals surface area contributed by atoms with Crippen molar-refractivity contribution in [1.82, 2.24) is 9.97 Å². The molecular weight excluding hydrogens is 318 g/mol. The summed E-state index contributed by atoms with van der Waals surface area (Å²) in [5.41, 5.74) is 12.3. The van der Waals surface area contributed by atoms with Crippen molar-refractivity contribution >= 4 is 5.57 Å². The van der Waals surface area contributed by atoms with Gasteiger partial charge < -0.3 is 0 Å². The van der Waals surface area contributed by atoms with E-state index >= 15 is 0 Å². The molecule has 0 amide bonds. The van der Waals surface area contributed by atoms with Crippen molar-refractivity contribution in [2.24, 2.45) is 7.05 Å². The Bertz CT molecular complexity index is 1040. The lowest BCUT2D eigenvalue weighted by atomic mass is 9.94. The van der Waals surface area contributed by atoms with E-state index in [1.165, 1.54) is 39.1 Å². The van der Waals surface area contributed by atoms with Crippen LogP contribution >= 0.6 is 0 Å². The summed E-state index contributed by atoms with van der Waals surface area (Å²) in [4.78, 5) is 9.22. The molecule has 0 bridgehead atoms. The quantitative estimate of drug-likeness (QED) is 0.654. The third kappa shape index (κ3) is 2.64. The molecule has 0 atom stereocenters. The van der Waals surface area contributed by atoms with Crippen molar-refractivity contribution in [2.75, 3.05) is 0 Å². The summed E-state index contributed by atoms with van der Waals surface area (Å²) in [6.45, 7) is 8.58. The van der Waals surface area contributed by atoms with E-state index in [9.17, 15) is 0 Å². The van der Waals surface area contributed by atoms with Crippen LogP contribution in [0, 0.1) is 27.7 Å². The summed E-state index contributed by atoms with van der Waals surface area (Å²) >= 11 is 0. The van der Waals surface area contributed by atoms with E-state index < -0.39 is 0 Å². The summed E-state index contributed by atoms with van der Waals surface area (Å²) in [6, 6.07) is 8.75. The molecule has 0 saturated heterocycles. The number of aryl methyl sites for hydroxylation is 4. The van der Waals surface area contributed by atoms with Gasteiger partial charge in [0.2, 0.25) is 0 Å². The molecule has 0 fully saturated rings. The number of fused-ring (bicyclic) bond motifs is 1. The number of allylic oxidation sites excluding steroid dienone is 1. The first-order valence-corrected chi connectivity index (χ1v) is 9.05. The van der Waals surface area contributed by atoms with Crippen LogP contribution in [0.1, 0.15) is 39.2 Å². The van der Waals surface area contributed by atoms with Crippen LogP contribution in [0.3, 0.4) is 0 Å². The molecule has 4 rings (SSSR count). The van der Waals surface area contributed by atoms with Gasteiger partial charge in [-0.15, -0.1) is 0 Å². The van der Waals surface area contributed by atoms with Gasteiger partial charge in [-0.25, -0.2) is 4.57 Å². The van der Waals surface area contributed by atoms with Crippen LogP contribution in [0.2, 0.25) is 0 Å². The zero-order valence-corrected chi connectivity index (χ0v) is 16.1. The lowest BCUT2D eigenvalue weighted by Gasteiger charge is -2.13. The molecule has 1 aliphatic rings. The maximum atomic E-state index is 4.77. The van der Waals surface area contributed by atoms with Crippen molar-refractivity contribution < 1.29 is 4.57 Å². The molecule has 3 heteroatoms. The van der Waals surface area contributed by atoms with Crippen LogP contribution in [0.15, 0.2) is 42.9 Å². The molecule has 3 nitrogen and oxygen atoms in total. The maximum Gasteiger partial charge on any atom is 0.287 e. The molecule has 3 aromatic rings. The lowest BCUT2D eigenvalue weighted by Crippen LogP contribution is -2.33. The molecule has 1 aliphatic carbocycles. The van der Waals surface area contributed by atoms with Gasteiger partial charge in [-0.2, -0.15) is 0 Å². The number of pyridine rings is 1.